The smallest absolute Gasteiger partial charge is 0.320 e. The van der Waals surface area contributed by atoms with Gasteiger partial charge in [0.2, 0.25) is 0 Å². The van der Waals surface area contributed by atoms with Gasteiger partial charge >= 0.3 is 5.97 Å². The highest BCUT2D eigenvalue weighted by molar-refractivity contribution is 5.71. The molecule has 1 aliphatic heterocycles. The minimum atomic E-state index is -0.112. The van der Waals surface area contributed by atoms with E-state index in [9.17, 15) is 4.79 Å². The van der Waals surface area contributed by atoms with E-state index in [0.717, 1.165) is 39.1 Å². The Morgan fingerprint density at radius 3 is 2.12 bits per heavy atom. The van der Waals surface area contributed by atoms with Crippen LogP contribution in [-0.2, 0) is 9.53 Å². The van der Waals surface area contributed by atoms with Gasteiger partial charge in [-0.05, 0) is 13.3 Å². The van der Waals surface area contributed by atoms with E-state index in [4.69, 9.17) is 4.74 Å². The summed E-state index contributed by atoms with van der Waals surface area (Å²) in [5.74, 6) is -0.112. The van der Waals surface area contributed by atoms with E-state index in [0.29, 0.717) is 13.2 Å². The van der Waals surface area contributed by atoms with Crippen molar-refractivity contribution in [1.29, 1.82) is 0 Å². The molecule has 0 saturated carbocycles. The summed E-state index contributed by atoms with van der Waals surface area (Å²) in [5.41, 5.74) is 1.28. The lowest BCUT2D eigenvalue weighted by Crippen LogP contribution is -2.48. The molecule has 0 spiro atoms. The highest BCUT2D eigenvalue weighted by atomic mass is 16.5. The number of piperazine rings is 1. The van der Waals surface area contributed by atoms with Gasteiger partial charge in [-0.25, -0.2) is 0 Å². The number of rotatable bonds is 6. The van der Waals surface area contributed by atoms with Gasteiger partial charge in [0.1, 0.15) is 0 Å². The Bertz CT molecular complexity index is 258. The molecule has 1 aliphatic rings. The van der Waals surface area contributed by atoms with Crippen molar-refractivity contribution < 1.29 is 9.53 Å². The molecule has 98 valence electrons. The van der Waals surface area contributed by atoms with Gasteiger partial charge in [-0.2, -0.15) is 0 Å². The van der Waals surface area contributed by atoms with E-state index in [1.165, 1.54) is 5.57 Å². The minimum absolute atomic E-state index is 0.112. The Hall–Kier alpha value is -0.870. The first-order chi connectivity index (χ1) is 8.15. The van der Waals surface area contributed by atoms with Crippen LogP contribution >= 0.6 is 0 Å². The van der Waals surface area contributed by atoms with Crippen LogP contribution in [0.2, 0.25) is 0 Å². The summed E-state index contributed by atoms with van der Waals surface area (Å²) in [6.45, 7) is 13.8. The fourth-order valence-corrected chi connectivity index (χ4v) is 1.92. The van der Waals surface area contributed by atoms with E-state index in [1.807, 2.05) is 6.92 Å². The summed E-state index contributed by atoms with van der Waals surface area (Å²) in [7, 11) is 0. The number of carbonyl (C=O) groups excluding carboxylic acids is 1. The van der Waals surface area contributed by atoms with Crippen molar-refractivity contribution in [1.82, 2.24) is 9.80 Å². The largest absolute Gasteiger partial charge is 0.465 e. The first kappa shape index (κ1) is 14.2. The number of ether oxygens (including phenoxy) is 1. The maximum absolute atomic E-state index is 11.3. The monoisotopic (exact) mass is 240 g/mol. The van der Waals surface area contributed by atoms with E-state index in [2.05, 4.69) is 23.3 Å². The number of hydrogen-bond donors (Lipinski definition) is 0. The highest BCUT2D eigenvalue weighted by Gasteiger charge is 2.19. The van der Waals surface area contributed by atoms with Crippen molar-refractivity contribution in [2.45, 2.75) is 20.3 Å². The fourth-order valence-electron chi connectivity index (χ4n) is 1.92. The van der Waals surface area contributed by atoms with Crippen LogP contribution in [0.15, 0.2) is 12.2 Å². The molecule has 0 aliphatic carbocycles. The van der Waals surface area contributed by atoms with Gasteiger partial charge in [-0.15, -0.1) is 0 Å². The Balaban J connectivity index is 2.21. The minimum Gasteiger partial charge on any atom is -0.465 e. The van der Waals surface area contributed by atoms with Crippen molar-refractivity contribution in [3.63, 3.8) is 0 Å². The van der Waals surface area contributed by atoms with Gasteiger partial charge in [0, 0.05) is 32.7 Å². The summed E-state index contributed by atoms with van der Waals surface area (Å²) >= 11 is 0. The van der Waals surface area contributed by atoms with E-state index >= 15 is 0 Å². The third-order valence-electron chi connectivity index (χ3n) is 3.07. The molecule has 1 saturated heterocycles. The Morgan fingerprint density at radius 1 is 1.12 bits per heavy atom. The molecule has 0 atom stereocenters. The normalized spacial score (nSPS) is 18.0. The van der Waals surface area contributed by atoms with Crippen molar-refractivity contribution >= 4 is 5.97 Å². The molecule has 0 aromatic heterocycles. The standard InChI is InChI=1S/C13H24N2O2/c1-4-12(3)10-14-6-8-15(9-7-14)11-13(16)17-5-2/h3-11H2,1-2H3. The Kier molecular flexibility index (Phi) is 6.22. The molecule has 4 nitrogen and oxygen atoms in total. The molecule has 4 heteroatoms. The van der Waals surface area contributed by atoms with Crippen LogP contribution in [0, 0.1) is 0 Å². The average Bonchev–Trinajstić information content (AvgIpc) is 2.32. The molecule has 1 heterocycles. The quantitative estimate of drug-likeness (QED) is 0.515. The summed E-state index contributed by atoms with van der Waals surface area (Å²) < 4.78 is 4.95. The number of carbonyl (C=O) groups is 1. The first-order valence-electron chi connectivity index (χ1n) is 6.42. The topological polar surface area (TPSA) is 32.8 Å². The molecule has 0 N–H and O–H groups in total. The summed E-state index contributed by atoms with van der Waals surface area (Å²) in [4.78, 5) is 15.9. The predicted molar refractivity (Wildman–Crippen MR) is 68.9 cm³/mol. The van der Waals surface area contributed by atoms with Crippen LogP contribution in [0.3, 0.4) is 0 Å². The summed E-state index contributed by atoms with van der Waals surface area (Å²) in [6.07, 6.45) is 1.04. The molecule has 0 aromatic rings. The zero-order valence-corrected chi connectivity index (χ0v) is 11.1. The Morgan fingerprint density at radius 2 is 1.65 bits per heavy atom. The molecule has 1 fully saturated rings. The van der Waals surface area contributed by atoms with Crippen LogP contribution in [0.1, 0.15) is 20.3 Å². The number of hydrogen-bond acceptors (Lipinski definition) is 4. The molecular formula is C13H24N2O2. The first-order valence-corrected chi connectivity index (χ1v) is 6.42. The lowest BCUT2D eigenvalue weighted by atomic mass is 10.2. The van der Waals surface area contributed by atoms with Gasteiger partial charge in [0.05, 0.1) is 13.2 Å². The summed E-state index contributed by atoms with van der Waals surface area (Å²) in [6, 6.07) is 0. The SMILES string of the molecule is C=C(CC)CN1CCN(CC(=O)OCC)CC1. The molecule has 0 unspecified atom stereocenters. The second-order valence-electron chi connectivity index (χ2n) is 4.46. The van der Waals surface area contributed by atoms with Gasteiger partial charge in [-0.1, -0.05) is 19.1 Å². The van der Waals surface area contributed by atoms with Gasteiger partial charge < -0.3 is 4.74 Å². The fraction of sp³-hybridized carbons (Fsp3) is 0.769. The van der Waals surface area contributed by atoms with Crippen LogP contribution < -0.4 is 0 Å². The molecule has 0 amide bonds. The van der Waals surface area contributed by atoms with Crippen LogP contribution in [-0.4, -0.2) is 61.6 Å². The second kappa shape index (κ2) is 7.45. The second-order valence-corrected chi connectivity index (χ2v) is 4.46. The maximum Gasteiger partial charge on any atom is 0.320 e. The van der Waals surface area contributed by atoms with E-state index in [1.54, 1.807) is 0 Å². The third kappa shape index (κ3) is 5.33. The molecular weight excluding hydrogens is 216 g/mol. The molecule has 0 bridgehead atoms. The lowest BCUT2D eigenvalue weighted by Gasteiger charge is -2.34. The molecule has 0 radical (unpaired) electrons. The van der Waals surface area contributed by atoms with Crippen LogP contribution in [0.25, 0.3) is 0 Å². The van der Waals surface area contributed by atoms with Gasteiger partial charge in [0.15, 0.2) is 0 Å². The average molecular weight is 240 g/mol. The van der Waals surface area contributed by atoms with Crippen molar-refractivity contribution in [3.05, 3.63) is 12.2 Å². The van der Waals surface area contributed by atoms with E-state index in [-0.39, 0.29) is 5.97 Å². The van der Waals surface area contributed by atoms with Crippen LogP contribution in [0.5, 0.6) is 0 Å². The molecule has 0 aromatic carbocycles. The van der Waals surface area contributed by atoms with Crippen molar-refractivity contribution in [2.75, 3.05) is 45.9 Å². The van der Waals surface area contributed by atoms with E-state index < -0.39 is 0 Å². The van der Waals surface area contributed by atoms with Crippen LogP contribution in [0.4, 0.5) is 0 Å². The highest BCUT2D eigenvalue weighted by Crippen LogP contribution is 2.06. The molecule has 1 rings (SSSR count). The Labute approximate surface area is 104 Å². The zero-order valence-electron chi connectivity index (χ0n) is 11.1. The lowest BCUT2D eigenvalue weighted by molar-refractivity contribution is -0.144. The van der Waals surface area contributed by atoms with Gasteiger partial charge in [-0.3, -0.25) is 14.6 Å². The zero-order chi connectivity index (χ0) is 12.7. The van der Waals surface area contributed by atoms with Crippen molar-refractivity contribution in [2.24, 2.45) is 0 Å². The van der Waals surface area contributed by atoms with Gasteiger partial charge in [0.25, 0.3) is 0 Å². The molecule has 17 heavy (non-hydrogen) atoms. The number of nitrogens with zero attached hydrogens (tertiary/aromatic N) is 2. The number of esters is 1. The maximum atomic E-state index is 11.3. The predicted octanol–water partition coefficient (Wildman–Crippen LogP) is 1.13. The summed E-state index contributed by atoms with van der Waals surface area (Å²) in [5, 5.41) is 0. The van der Waals surface area contributed by atoms with Crippen molar-refractivity contribution in [3.8, 4) is 0 Å². The third-order valence-corrected chi connectivity index (χ3v) is 3.07.